The Balaban J connectivity index is 1.96. The van der Waals surface area contributed by atoms with Crippen LogP contribution in [0.1, 0.15) is 38.5 Å². The van der Waals surface area contributed by atoms with Gasteiger partial charge in [0, 0.05) is 23.1 Å². The van der Waals surface area contributed by atoms with Gasteiger partial charge >= 0.3 is 0 Å². The highest BCUT2D eigenvalue weighted by atomic mass is 28.1. The molecule has 0 aromatic carbocycles. The Bertz CT molecular complexity index is 89.6. The van der Waals surface area contributed by atoms with E-state index in [1.165, 1.54) is 48.8 Å². The molecule has 11 heavy (non-hydrogen) atoms. The molecule has 0 aromatic rings. The van der Waals surface area contributed by atoms with E-state index in [1.54, 1.807) is 0 Å². The van der Waals surface area contributed by atoms with Gasteiger partial charge in [-0.2, -0.15) is 0 Å². The second kappa shape index (κ2) is 5.78. The predicted octanol–water partition coefficient (Wildman–Crippen LogP) is 1.30. The van der Waals surface area contributed by atoms with Gasteiger partial charge in [-0.05, 0) is 12.3 Å². The van der Waals surface area contributed by atoms with E-state index in [-0.39, 0.29) is 0 Å². The largest absolute Gasteiger partial charge is 0.386 e. The molecule has 0 radical (unpaired) electrons. The molecule has 0 N–H and O–H groups in total. The van der Waals surface area contributed by atoms with Crippen molar-refractivity contribution in [2.45, 2.75) is 38.5 Å². The summed E-state index contributed by atoms with van der Waals surface area (Å²) in [5, 5.41) is 0. The molecule has 2 heteroatoms. The Hall–Kier alpha value is 0.177. The molecule has 1 saturated carbocycles. The highest BCUT2D eigenvalue weighted by molar-refractivity contribution is 6.08. The lowest BCUT2D eigenvalue weighted by molar-refractivity contribution is 0.150. The van der Waals surface area contributed by atoms with Crippen molar-refractivity contribution in [1.82, 2.24) is 0 Å². The van der Waals surface area contributed by atoms with Crippen LogP contribution in [0.25, 0.3) is 0 Å². The maximum absolute atomic E-state index is 5.40. The first-order valence-electron chi connectivity index (χ1n) is 5.01. The quantitative estimate of drug-likeness (QED) is 0.459. The third-order valence-corrected chi connectivity index (χ3v) is 3.01. The Labute approximate surface area is 72.9 Å². The van der Waals surface area contributed by atoms with Crippen molar-refractivity contribution < 1.29 is 4.74 Å². The van der Waals surface area contributed by atoms with Crippen molar-refractivity contribution in [2.24, 2.45) is 5.92 Å². The van der Waals surface area contributed by atoms with Crippen molar-refractivity contribution in [3.8, 4) is 0 Å². The lowest BCUT2D eigenvalue weighted by atomic mass is 9.87. The molecule has 0 bridgehead atoms. The van der Waals surface area contributed by atoms with Gasteiger partial charge in [0.05, 0.1) is 0 Å². The van der Waals surface area contributed by atoms with Crippen molar-refractivity contribution in [2.75, 3.05) is 12.8 Å². The molecule has 66 valence electrons. The van der Waals surface area contributed by atoms with Crippen LogP contribution >= 0.6 is 0 Å². The predicted molar refractivity (Wildman–Crippen MR) is 52.0 cm³/mol. The minimum absolute atomic E-state index is 0.997. The summed E-state index contributed by atoms with van der Waals surface area (Å²) in [5.41, 5.74) is 0. The van der Waals surface area contributed by atoms with Gasteiger partial charge < -0.3 is 4.74 Å². The molecular formula is C9H20OSi. The molecular weight excluding hydrogens is 152 g/mol. The number of hydrogen-bond acceptors (Lipinski definition) is 1. The summed E-state index contributed by atoms with van der Waals surface area (Å²) in [6.07, 6.45) is 9.67. The minimum Gasteiger partial charge on any atom is -0.386 e. The maximum Gasteiger partial charge on any atom is 0.0463 e. The molecule has 1 aliphatic rings. The summed E-state index contributed by atoms with van der Waals surface area (Å²) in [4.78, 5) is 0. The molecule has 0 heterocycles. The summed E-state index contributed by atoms with van der Waals surface area (Å²) in [6, 6.07) is 0. The van der Waals surface area contributed by atoms with E-state index in [0.29, 0.717) is 0 Å². The zero-order valence-electron chi connectivity index (χ0n) is 7.64. The fourth-order valence-corrected chi connectivity index (χ4v) is 2.16. The van der Waals surface area contributed by atoms with Gasteiger partial charge in [0.2, 0.25) is 0 Å². The molecule has 0 atom stereocenters. The summed E-state index contributed by atoms with van der Waals surface area (Å²) < 4.78 is 5.40. The van der Waals surface area contributed by atoms with Gasteiger partial charge in [0.1, 0.15) is 0 Å². The zero-order valence-corrected chi connectivity index (χ0v) is 9.64. The SMILES string of the molecule is [SiH3]COCCC1CCCCC1. The van der Waals surface area contributed by atoms with Crippen molar-refractivity contribution in [3.63, 3.8) is 0 Å². The molecule has 1 fully saturated rings. The first-order chi connectivity index (χ1) is 5.43. The molecule has 0 aromatic heterocycles. The van der Waals surface area contributed by atoms with E-state index in [0.717, 1.165) is 18.8 Å². The minimum atomic E-state index is 0.997. The van der Waals surface area contributed by atoms with Crippen molar-refractivity contribution in [3.05, 3.63) is 0 Å². The normalized spacial score (nSPS) is 20.7. The number of ether oxygens (including phenoxy) is 1. The lowest BCUT2D eigenvalue weighted by Gasteiger charge is -2.20. The van der Waals surface area contributed by atoms with Crippen LogP contribution in [-0.2, 0) is 4.74 Å². The van der Waals surface area contributed by atoms with E-state index in [4.69, 9.17) is 4.74 Å². The summed E-state index contributed by atoms with van der Waals surface area (Å²) in [5.74, 6) is 0.997. The van der Waals surface area contributed by atoms with Crippen LogP contribution in [0.3, 0.4) is 0 Å². The third kappa shape index (κ3) is 3.92. The standard InChI is InChI=1S/C9H20OSi/c11-8-10-7-6-9-4-2-1-3-5-9/h9H,1-8H2,11H3. The molecule has 0 saturated heterocycles. The monoisotopic (exact) mass is 172 g/mol. The Morgan fingerprint density at radius 3 is 2.55 bits per heavy atom. The Morgan fingerprint density at radius 2 is 1.91 bits per heavy atom. The topological polar surface area (TPSA) is 9.23 Å². The average Bonchev–Trinajstić information content (AvgIpc) is 2.07. The number of rotatable bonds is 4. The highest BCUT2D eigenvalue weighted by Gasteiger charge is 2.12. The second-order valence-corrected chi connectivity index (χ2v) is 4.07. The Kier molecular flexibility index (Phi) is 4.87. The fraction of sp³-hybridized carbons (Fsp3) is 1.00. The van der Waals surface area contributed by atoms with E-state index < -0.39 is 0 Å². The maximum atomic E-state index is 5.40. The fourth-order valence-electron chi connectivity index (χ4n) is 1.87. The van der Waals surface area contributed by atoms with E-state index in [1.807, 2.05) is 0 Å². The van der Waals surface area contributed by atoms with Crippen molar-refractivity contribution in [1.29, 1.82) is 0 Å². The summed E-state index contributed by atoms with van der Waals surface area (Å²) >= 11 is 0. The molecule has 1 aliphatic carbocycles. The van der Waals surface area contributed by atoms with Crippen LogP contribution in [0.15, 0.2) is 0 Å². The molecule has 1 nitrogen and oxygen atoms in total. The van der Waals surface area contributed by atoms with Crippen molar-refractivity contribution >= 4 is 10.2 Å². The van der Waals surface area contributed by atoms with Gasteiger partial charge in [-0.15, -0.1) is 0 Å². The lowest BCUT2D eigenvalue weighted by Crippen LogP contribution is -2.09. The van der Waals surface area contributed by atoms with Crippen LogP contribution in [0.2, 0.25) is 0 Å². The second-order valence-electron chi connectivity index (χ2n) is 3.49. The van der Waals surface area contributed by atoms with E-state index >= 15 is 0 Å². The van der Waals surface area contributed by atoms with Gasteiger partial charge in [-0.1, -0.05) is 32.1 Å². The van der Waals surface area contributed by atoms with Gasteiger partial charge in [0.15, 0.2) is 0 Å². The van der Waals surface area contributed by atoms with Crippen LogP contribution in [0.5, 0.6) is 0 Å². The molecule has 1 rings (SSSR count). The van der Waals surface area contributed by atoms with Crippen LogP contribution in [0, 0.1) is 5.92 Å². The van der Waals surface area contributed by atoms with Crippen LogP contribution in [0.4, 0.5) is 0 Å². The molecule has 0 aliphatic heterocycles. The van der Waals surface area contributed by atoms with E-state index in [9.17, 15) is 0 Å². The highest BCUT2D eigenvalue weighted by Crippen LogP contribution is 2.25. The van der Waals surface area contributed by atoms with Gasteiger partial charge in [-0.25, -0.2) is 0 Å². The van der Waals surface area contributed by atoms with E-state index in [2.05, 4.69) is 0 Å². The first-order valence-corrected chi connectivity index (χ1v) is 6.42. The smallest absolute Gasteiger partial charge is 0.0463 e. The van der Waals surface area contributed by atoms with Crippen LogP contribution in [-0.4, -0.2) is 23.1 Å². The molecule has 0 amide bonds. The third-order valence-electron chi connectivity index (χ3n) is 2.60. The van der Waals surface area contributed by atoms with Crippen LogP contribution < -0.4 is 0 Å². The van der Waals surface area contributed by atoms with Gasteiger partial charge in [-0.3, -0.25) is 0 Å². The Morgan fingerprint density at radius 1 is 1.18 bits per heavy atom. The summed E-state index contributed by atoms with van der Waals surface area (Å²) in [7, 11) is 1.19. The zero-order chi connectivity index (χ0) is 7.94. The van der Waals surface area contributed by atoms with Gasteiger partial charge in [0.25, 0.3) is 0 Å². The summed E-state index contributed by atoms with van der Waals surface area (Å²) in [6.45, 7) is 1.02. The molecule has 0 spiro atoms. The first kappa shape index (κ1) is 9.27. The average molecular weight is 172 g/mol. The molecule has 0 unspecified atom stereocenters. The number of hydrogen-bond donors (Lipinski definition) is 0.